The Bertz CT molecular complexity index is 934. The fraction of sp³-hybridized carbons (Fsp3) is 0.364. The zero-order valence-corrected chi connectivity index (χ0v) is 16.2. The lowest BCUT2D eigenvalue weighted by atomic mass is 9.93. The second-order valence-electron chi connectivity index (χ2n) is 7.94. The molecular weight excluding hydrogens is 354 g/mol. The Labute approximate surface area is 164 Å². The number of piperidine rings is 1. The number of rotatable bonds is 2. The number of nitrogens with one attached hydrogen (secondary N) is 2. The summed E-state index contributed by atoms with van der Waals surface area (Å²) in [6, 6.07) is 13.9. The lowest BCUT2D eigenvalue weighted by Gasteiger charge is -2.50. The molecule has 146 valence electrons. The Morgan fingerprint density at radius 1 is 1.21 bits per heavy atom. The van der Waals surface area contributed by atoms with Gasteiger partial charge >= 0.3 is 0 Å². The van der Waals surface area contributed by atoms with Gasteiger partial charge in [0.15, 0.2) is 17.2 Å². The number of phenolic OH excluding ortho intramolecular Hbond substituents is 1. The molecule has 0 radical (unpaired) electrons. The number of nitrogens with zero attached hydrogens (tertiary/aromatic N) is 1. The predicted octanol–water partition coefficient (Wildman–Crippen LogP) is 1.70. The quantitative estimate of drug-likeness (QED) is 0.741. The van der Waals surface area contributed by atoms with Crippen molar-refractivity contribution in [2.24, 2.45) is 0 Å². The van der Waals surface area contributed by atoms with Crippen LogP contribution >= 0.6 is 0 Å². The monoisotopic (exact) mass is 380 g/mol. The number of benzene rings is 2. The van der Waals surface area contributed by atoms with Crippen LogP contribution in [0.25, 0.3) is 5.70 Å². The lowest BCUT2D eigenvalue weighted by Crippen LogP contribution is -3.11. The average molecular weight is 380 g/mol. The molecule has 1 atom stereocenters. The molecule has 6 nitrogen and oxygen atoms in total. The molecule has 0 bridgehead atoms. The summed E-state index contributed by atoms with van der Waals surface area (Å²) < 4.78 is 11.9. The number of aromatic hydroxyl groups is 1. The number of methoxy groups -OCH3 is 1. The summed E-state index contributed by atoms with van der Waals surface area (Å²) in [6.07, 6.45) is 4.19. The number of fused-ring (bicyclic) bond motifs is 4. The Morgan fingerprint density at radius 3 is 2.79 bits per heavy atom. The Morgan fingerprint density at radius 2 is 2.00 bits per heavy atom. The Kier molecular flexibility index (Phi) is 4.00. The number of quaternary nitrogens is 1. The third-order valence-corrected chi connectivity index (χ3v) is 6.20. The number of phenols is 1. The molecule has 1 spiro atoms. The molecule has 0 aromatic heterocycles. The van der Waals surface area contributed by atoms with Gasteiger partial charge in [-0.2, -0.15) is 5.01 Å². The van der Waals surface area contributed by atoms with Gasteiger partial charge in [-0.1, -0.05) is 18.2 Å². The van der Waals surface area contributed by atoms with Crippen LogP contribution in [0.15, 0.2) is 48.5 Å². The van der Waals surface area contributed by atoms with Crippen molar-refractivity contribution in [1.29, 1.82) is 0 Å². The van der Waals surface area contributed by atoms with Crippen molar-refractivity contribution < 1.29 is 19.5 Å². The lowest BCUT2D eigenvalue weighted by molar-refractivity contribution is -0.888. The maximum absolute atomic E-state index is 9.94. The first-order chi connectivity index (χ1) is 13.6. The van der Waals surface area contributed by atoms with Gasteiger partial charge in [-0.15, -0.1) is 0 Å². The van der Waals surface area contributed by atoms with E-state index in [0.29, 0.717) is 5.75 Å². The summed E-state index contributed by atoms with van der Waals surface area (Å²) in [4.78, 5) is 1.54. The second-order valence-corrected chi connectivity index (χ2v) is 7.94. The van der Waals surface area contributed by atoms with Gasteiger partial charge in [0.1, 0.15) is 5.75 Å². The van der Waals surface area contributed by atoms with E-state index in [2.05, 4.69) is 41.8 Å². The molecule has 1 fully saturated rings. The van der Waals surface area contributed by atoms with Gasteiger partial charge < -0.3 is 24.9 Å². The van der Waals surface area contributed by atoms with Crippen molar-refractivity contribution in [1.82, 2.24) is 10.4 Å². The van der Waals surface area contributed by atoms with Crippen molar-refractivity contribution in [2.75, 3.05) is 27.2 Å². The predicted molar refractivity (Wildman–Crippen MR) is 106 cm³/mol. The minimum absolute atomic E-state index is 0.109. The summed E-state index contributed by atoms with van der Waals surface area (Å²) in [5.74, 6) is 1.59. The first kappa shape index (κ1) is 17.4. The van der Waals surface area contributed by atoms with E-state index in [1.807, 2.05) is 18.2 Å². The minimum atomic E-state index is -0.349. The van der Waals surface area contributed by atoms with Crippen molar-refractivity contribution in [2.45, 2.75) is 24.6 Å². The van der Waals surface area contributed by atoms with E-state index in [4.69, 9.17) is 9.47 Å². The highest BCUT2D eigenvalue weighted by atomic mass is 16.5. The topological polar surface area (TPSA) is 58.4 Å². The second kappa shape index (κ2) is 6.43. The van der Waals surface area contributed by atoms with Gasteiger partial charge in [0.2, 0.25) is 0 Å². The molecular formula is C22H26N3O3+. The summed E-state index contributed by atoms with van der Waals surface area (Å²) in [5.41, 5.74) is 6.43. The van der Waals surface area contributed by atoms with E-state index in [-0.39, 0.29) is 17.5 Å². The highest BCUT2D eigenvalue weighted by molar-refractivity contribution is 5.69. The Hall–Kier alpha value is -2.70. The van der Waals surface area contributed by atoms with Crippen LogP contribution in [0.4, 0.5) is 0 Å². The molecule has 0 amide bonds. The third-order valence-electron chi connectivity index (χ3n) is 6.20. The number of hydrazine groups is 1. The smallest absolute Gasteiger partial charge is 0.191 e. The van der Waals surface area contributed by atoms with Gasteiger partial charge in [-0.3, -0.25) is 0 Å². The number of hydrogen-bond acceptors (Lipinski definition) is 5. The molecule has 28 heavy (non-hydrogen) atoms. The van der Waals surface area contributed by atoms with Crippen LogP contribution < -0.4 is 19.8 Å². The highest BCUT2D eigenvalue weighted by Crippen LogP contribution is 2.47. The molecule has 1 saturated heterocycles. The molecule has 2 aromatic rings. The number of ether oxygens (including phenoxy) is 2. The van der Waals surface area contributed by atoms with Crippen LogP contribution in [0.5, 0.6) is 17.2 Å². The molecule has 3 N–H and O–H groups in total. The summed E-state index contributed by atoms with van der Waals surface area (Å²) in [7, 11) is 3.81. The number of hydrogen-bond donors (Lipinski definition) is 3. The molecule has 3 heterocycles. The van der Waals surface area contributed by atoms with Crippen LogP contribution in [-0.4, -0.2) is 43.1 Å². The normalized spacial score (nSPS) is 28.7. The Balaban J connectivity index is 1.56. The van der Waals surface area contributed by atoms with Gasteiger partial charge in [0.05, 0.1) is 51.8 Å². The standard InChI is InChI=1S/C22H25N3O3/c1-24-11-9-22(10-12-24)25-18(16-5-3-4-6-20(16)28-22)14-17(23-25)15-7-8-19(26)21(13-15)27-2/h3-8,13-14,18,23,26H,9-12H2,1-2H3/p+1/t18-/m0/s1. The van der Waals surface area contributed by atoms with Crippen LogP contribution in [-0.2, 0) is 0 Å². The van der Waals surface area contributed by atoms with Crippen molar-refractivity contribution in [3.8, 4) is 17.2 Å². The number of likely N-dealkylation sites (tertiary alicyclic amines) is 1. The van der Waals surface area contributed by atoms with Gasteiger partial charge in [-0.05, 0) is 30.3 Å². The molecule has 0 saturated carbocycles. The molecule has 3 aliphatic rings. The zero-order valence-electron chi connectivity index (χ0n) is 16.2. The molecule has 5 rings (SSSR count). The average Bonchev–Trinajstić information content (AvgIpc) is 3.17. The zero-order chi connectivity index (χ0) is 19.3. The number of para-hydroxylation sites is 1. The maximum atomic E-state index is 9.94. The van der Waals surface area contributed by atoms with Gasteiger partial charge in [-0.25, -0.2) is 0 Å². The van der Waals surface area contributed by atoms with Crippen LogP contribution in [0, 0.1) is 0 Å². The molecule has 0 unspecified atom stereocenters. The fourth-order valence-corrected chi connectivity index (χ4v) is 4.54. The maximum Gasteiger partial charge on any atom is 0.191 e. The van der Waals surface area contributed by atoms with Crippen LogP contribution in [0.3, 0.4) is 0 Å². The van der Waals surface area contributed by atoms with Crippen molar-refractivity contribution in [3.05, 3.63) is 59.7 Å². The molecule has 3 aliphatic heterocycles. The third kappa shape index (κ3) is 2.64. The fourth-order valence-electron chi connectivity index (χ4n) is 4.54. The largest absolute Gasteiger partial charge is 0.504 e. The van der Waals surface area contributed by atoms with Crippen LogP contribution in [0.2, 0.25) is 0 Å². The van der Waals surface area contributed by atoms with E-state index in [0.717, 1.165) is 42.9 Å². The summed E-state index contributed by atoms with van der Waals surface area (Å²) >= 11 is 0. The van der Waals surface area contributed by atoms with Crippen LogP contribution in [0.1, 0.15) is 30.0 Å². The molecule has 6 heteroatoms. The van der Waals surface area contributed by atoms with E-state index in [9.17, 15) is 5.11 Å². The summed E-state index contributed by atoms with van der Waals surface area (Å²) in [6.45, 7) is 2.16. The van der Waals surface area contributed by atoms with Crippen molar-refractivity contribution >= 4 is 5.70 Å². The van der Waals surface area contributed by atoms with Crippen molar-refractivity contribution in [3.63, 3.8) is 0 Å². The van der Waals surface area contributed by atoms with Gasteiger partial charge in [0, 0.05) is 11.1 Å². The van der Waals surface area contributed by atoms with E-state index in [1.54, 1.807) is 18.1 Å². The van der Waals surface area contributed by atoms with E-state index < -0.39 is 0 Å². The first-order valence-corrected chi connectivity index (χ1v) is 9.84. The van der Waals surface area contributed by atoms with Gasteiger partial charge in [0.25, 0.3) is 0 Å². The SMILES string of the molecule is COc1cc(C2=C[C@H]3c4ccccc4OC4(CC[NH+](C)CC4)N3N2)ccc1O. The molecule has 2 aromatic carbocycles. The first-order valence-electron chi connectivity index (χ1n) is 9.84. The van der Waals surface area contributed by atoms with E-state index >= 15 is 0 Å². The highest BCUT2D eigenvalue weighted by Gasteiger charge is 2.52. The minimum Gasteiger partial charge on any atom is -0.504 e. The molecule has 0 aliphatic carbocycles. The van der Waals surface area contributed by atoms with E-state index in [1.165, 1.54) is 5.56 Å². The summed E-state index contributed by atoms with van der Waals surface area (Å²) in [5, 5.41) is 12.2.